The highest BCUT2D eigenvalue weighted by Gasteiger charge is 2.54. The van der Waals surface area contributed by atoms with Gasteiger partial charge in [-0.2, -0.15) is 17.5 Å². The van der Waals surface area contributed by atoms with Crippen molar-refractivity contribution in [1.29, 1.82) is 0 Å². The van der Waals surface area contributed by atoms with E-state index < -0.39 is 22.2 Å². The van der Waals surface area contributed by atoms with E-state index in [9.17, 15) is 26.4 Å². The molecule has 4 rings (SSSR count). The number of thiophene rings is 1. The lowest BCUT2D eigenvalue weighted by Gasteiger charge is -2.38. The summed E-state index contributed by atoms with van der Waals surface area (Å²) in [5, 5.41) is 8.92. The Morgan fingerprint density at radius 3 is 2.35 bits per heavy atom. The predicted octanol–water partition coefficient (Wildman–Crippen LogP) is 3.27. The molecule has 2 aliphatic heterocycles. The number of halogens is 3. The zero-order chi connectivity index (χ0) is 27.4. The van der Waals surface area contributed by atoms with E-state index in [1.54, 1.807) is 21.8 Å². The quantitative estimate of drug-likeness (QED) is 0.582. The normalized spacial score (nSPS) is 22.8. The highest BCUT2D eigenvalue weighted by atomic mass is 32.2. The van der Waals surface area contributed by atoms with Gasteiger partial charge in [0.25, 0.3) is 10.0 Å². The number of fused-ring (bicyclic) bond motifs is 1. The summed E-state index contributed by atoms with van der Waals surface area (Å²) < 4.78 is 60.8. The van der Waals surface area contributed by atoms with E-state index in [2.05, 4.69) is 17.0 Å². The standard InChI is InChI=1S/C22H29N3O3S2.C2HF3O2/c1-23(2)14-15-24-17-19-22(11-10-20(24)26,18-7-4-3-5-8-18)12-13-25(19)30(27,28)21-9-6-16-29-21;3-2(4,5)1(6)7/h3-9,16,19H,10-15,17H2,1-2H3;(H,6,7). The first-order chi connectivity index (χ1) is 17.3. The van der Waals surface area contributed by atoms with Gasteiger partial charge in [0.15, 0.2) is 0 Å². The maximum atomic E-state index is 13.5. The van der Waals surface area contributed by atoms with Crippen LogP contribution in [0.5, 0.6) is 0 Å². The number of sulfonamides is 1. The first-order valence-electron chi connectivity index (χ1n) is 11.6. The number of likely N-dealkylation sites (N-methyl/N-ethyl adjacent to an activating group) is 1. The van der Waals surface area contributed by atoms with Gasteiger partial charge >= 0.3 is 12.1 Å². The summed E-state index contributed by atoms with van der Waals surface area (Å²) in [5.41, 5.74) is 0.801. The predicted molar refractivity (Wildman–Crippen MR) is 133 cm³/mol. The average Bonchev–Trinajstić information content (AvgIpc) is 3.48. The molecule has 3 heterocycles. The van der Waals surface area contributed by atoms with Gasteiger partial charge in [-0.1, -0.05) is 36.4 Å². The van der Waals surface area contributed by atoms with Crippen LogP contribution in [0.25, 0.3) is 0 Å². The minimum absolute atomic E-state index is 0.120. The van der Waals surface area contributed by atoms with Crippen molar-refractivity contribution in [2.24, 2.45) is 0 Å². The van der Waals surface area contributed by atoms with Gasteiger partial charge in [0, 0.05) is 38.0 Å². The lowest BCUT2D eigenvalue weighted by atomic mass is 9.71. The molecule has 8 nitrogen and oxygen atoms in total. The molecule has 0 radical (unpaired) electrons. The van der Waals surface area contributed by atoms with Gasteiger partial charge in [0.1, 0.15) is 4.21 Å². The van der Waals surface area contributed by atoms with Crippen molar-refractivity contribution < 1.29 is 36.3 Å². The first-order valence-corrected chi connectivity index (χ1v) is 13.9. The maximum Gasteiger partial charge on any atom is 0.490 e. The van der Waals surface area contributed by atoms with Crippen molar-refractivity contribution in [1.82, 2.24) is 14.1 Å². The van der Waals surface area contributed by atoms with Crippen LogP contribution in [0.1, 0.15) is 24.8 Å². The molecule has 2 aromatic rings. The number of aliphatic carboxylic acids is 1. The second kappa shape index (κ2) is 11.5. The molecule has 0 saturated carbocycles. The molecule has 2 unspecified atom stereocenters. The van der Waals surface area contributed by atoms with Gasteiger partial charge in [-0.15, -0.1) is 11.3 Å². The summed E-state index contributed by atoms with van der Waals surface area (Å²) in [7, 11) is 0.375. The van der Waals surface area contributed by atoms with Crippen LogP contribution >= 0.6 is 11.3 Å². The first kappa shape index (κ1) is 29.1. The number of alkyl halides is 3. The SMILES string of the molecule is CN(C)CCN1CC2N(S(=O)(=O)c3cccs3)CCC2(c2ccccc2)CCC1=O.O=C(O)C(F)(F)F. The Morgan fingerprint density at radius 2 is 1.81 bits per heavy atom. The molecule has 1 aromatic heterocycles. The van der Waals surface area contributed by atoms with Gasteiger partial charge in [-0.3, -0.25) is 4.79 Å². The molecule has 0 aliphatic carbocycles. The third-order valence-corrected chi connectivity index (χ3v) is 10.0. The lowest BCUT2D eigenvalue weighted by Crippen LogP contribution is -2.51. The Bertz CT molecular complexity index is 1170. The number of carboxylic acids is 1. The van der Waals surface area contributed by atoms with E-state index in [4.69, 9.17) is 9.90 Å². The molecule has 1 aromatic carbocycles. The van der Waals surface area contributed by atoms with E-state index in [0.717, 1.165) is 18.5 Å². The highest BCUT2D eigenvalue weighted by molar-refractivity contribution is 7.91. The Morgan fingerprint density at radius 1 is 1.16 bits per heavy atom. The number of carbonyl (C=O) groups excluding carboxylic acids is 1. The summed E-state index contributed by atoms with van der Waals surface area (Å²) in [6.45, 7) is 2.29. The third kappa shape index (κ3) is 6.51. The second-order valence-electron chi connectivity index (χ2n) is 9.28. The van der Waals surface area contributed by atoms with Crippen molar-refractivity contribution >= 4 is 33.2 Å². The number of carbonyl (C=O) groups is 2. The maximum absolute atomic E-state index is 13.5. The van der Waals surface area contributed by atoms with Crippen LogP contribution in [-0.2, 0) is 25.0 Å². The third-order valence-electron chi connectivity index (χ3n) is 6.76. The highest BCUT2D eigenvalue weighted by Crippen LogP contribution is 2.47. The van der Waals surface area contributed by atoms with Crippen LogP contribution in [-0.4, -0.2) is 92.0 Å². The summed E-state index contributed by atoms with van der Waals surface area (Å²) in [6, 6.07) is 13.4. The topological polar surface area (TPSA) is 98.2 Å². The van der Waals surface area contributed by atoms with Crippen LogP contribution in [0.15, 0.2) is 52.1 Å². The van der Waals surface area contributed by atoms with Gasteiger partial charge in [-0.05, 0) is 43.9 Å². The fourth-order valence-corrected chi connectivity index (χ4v) is 7.67. The lowest BCUT2D eigenvalue weighted by molar-refractivity contribution is -0.192. The van der Waals surface area contributed by atoms with Crippen molar-refractivity contribution in [3.8, 4) is 0 Å². The number of hydrogen-bond acceptors (Lipinski definition) is 6. The number of rotatable bonds is 6. The molecular formula is C24H30F3N3O5S2. The smallest absolute Gasteiger partial charge is 0.475 e. The van der Waals surface area contributed by atoms with E-state index in [0.29, 0.717) is 36.7 Å². The molecule has 2 fully saturated rings. The monoisotopic (exact) mass is 561 g/mol. The fourth-order valence-electron chi connectivity index (χ4n) is 4.87. The molecule has 2 saturated heterocycles. The van der Waals surface area contributed by atoms with Gasteiger partial charge in [-0.25, -0.2) is 13.2 Å². The van der Waals surface area contributed by atoms with Crippen LogP contribution in [0.4, 0.5) is 13.2 Å². The molecule has 1 N–H and O–H groups in total. The Balaban J connectivity index is 0.000000479. The van der Waals surface area contributed by atoms with Crippen molar-refractivity contribution in [3.63, 3.8) is 0 Å². The molecule has 1 amide bonds. The molecule has 2 aliphatic rings. The molecular weight excluding hydrogens is 531 g/mol. The molecule has 37 heavy (non-hydrogen) atoms. The zero-order valence-electron chi connectivity index (χ0n) is 20.5. The van der Waals surface area contributed by atoms with Gasteiger partial charge in [0.2, 0.25) is 5.91 Å². The van der Waals surface area contributed by atoms with Crippen molar-refractivity contribution in [2.75, 3.05) is 40.3 Å². The van der Waals surface area contributed by atoms with E-state index in [1.807, 2.05) is 37.2 Å². The number of hydrogen-bond donors (Lipinski definition) is 1. The minimum Gasteiger partial charge on any atom is -0.475 e. The zero-order valence-corrected chi connectivity index (χ0v) is 22.2. The van der Waals surface area contributed by atoms with Gasteiger partial charge < -0.3 is 14.9 Å². The number of amides is 1. The Hall–Kier alpha value is -2.48. The fraction of sp³-hybridized carbons (Fsp3) is 0.500. The largest absolute Gasteiger partial charge is 0.490 e. The van der Waals surface area contributed by atoms with Gasteiger partial charge in [0.05, 0.1) is 6.04 Å². The molecule has 13 heteroatoms. The average molecular weight is 562 g/mol. The van der Waals surface area contributed by atoms with Crippen LogP contribution in [0.2, 0.25) is 0 Å². The summed E-state index contributed by atoms with van der Waals surface area (Å²) >= 11 is 1.25. The molecule has 0 bridgehead atoms. The number of likely N-dealkylation sites (tertiary alicyclic amines) is 1. The molecule has 204 valence electrons. The van der Waals surface area contributed by atoms with Crippen LogP contribution in [0, 0.1) is 0 Å². The van der Waals surface area contributed by atoms with Crippen molar-refractivity contribution in [3.05, 3.63) is 53.4 Å². The van der Waals surface area contributed by atoms with E-state index in [-0.39, 0.29) is 17.4 Å². The number of benzene rings is 1. The Labute approximate surface area is 218 Å². The summed E-state index contributed by atoms with van der Waals surface area (Å²) in [6.07, 6.45) is -3.22. The van der Waals surface area contributed by atoms with Crippen molar-refractivity contribution in [2.45, 2.75) is 41.1 Å². The molecule has 2 atom stereocenters. The number of carboxylic acid groups (broad SMARTS) is 1. The minimum atomic E-state index is -5.08. The second-order valence-corrected chi connectivity index (χ2v) is 12.3. The van der Waals surface area contributed by atoms with E-state index >= 15 is 0 Å². The summed E-state index contributed by atoms with van der Waals surface area (Å²) in [5.74, 6) is -2.64. The summed E-state index contributed by atoms with van der Waals surface area (Å²) in [4.78, 5) is 25.8. The van der Waals surface area contributed by atoms with Crippen LogP contribution < -0.4 is 0 Å². The Kier molecular flexibility index (Phi) is 9.04. The molecule has 0 spiro atoms. The number of nitrogens with zero attached hydrogens (tertiary/aromatic N) is 3. The van der Waals surface area contributed by atoms with E-state index in [1.165, 1.54) is 11.3 Å². The van der Waals surface area contributed by atoms with Crippen LogP contribution in [0.3, 0.4) is 0 Å².